The topological polar surface area (TPSA) is 71.0 Å². The average molecular weight is 461 g/mol. The summed E-state index contributed by atoms with van der Waals surface area (Å²) in [6.07, 6.45) is 0.323. The highest BCUT2D eigenvalue weighted by atomic mass is 19.1. The summed E-state index contributed by atoms with van der Waals surface area (Å²) in [4.78, 5) is 14.5. The number of amides is 1. The molecule has 4 rings (SSSR count). The molecule has 2 saturated heterocycles. The van der Waals surface area contributed by atoms with Crippen LogP contribution in [0.15, 0.2) is 48.5 Å². The van der Waals surface area contributed by atoms with E-state index in [0.717, 1.165) is 6.42 Å². The Morgan fingerprint density at radius 3 is 2.45 bits per heavy atom. The lowest BCUT2D eigenvalue weighted by atomic mass is 9.94. The zero-order valence-corrected chi connectivity index (χ0v) is 18.5. The van der Waals surface area contributed by atoms with E-state index in [0.29, 0.717) is 37.2 Å². The minimum absolute atomic E-state index is 0.0581. The zero-order valence-electron chi connectivity index (χ0n) is 18.5. The van der Waals surface area contributed by atoms with Crippen LogP contribution in [0, 0.1) is 11.6 Å². The van der Waals surface area contributed by atoms with Crippen LogP contribution in [-0.4, -0.2) is 60.0 Å². The number of carbonyl (C=O) groups excluding carboxylic acids is 1. The maximum Gasteiger partial charge on any atom is 0.222 e. The monoisotopic (exact) mass is 460 g/mol. The molecule has 0 spiro atoms. The van der Waals surface area contributed by atoms with Crippen molar-refractivity contribution < 1.29 is 28.2 Å². The van der Waals surface area contributed by atoms with Crippen molar-refractivity contribution in [2.75, 3.05) is 19.8 Å². The molecule has 2 aromatic rings. The molecule has 6 nitrogen and oxygen atoms in total. The molecule has 0 aliphatic carbocycles. The SMILES string of the molecule is O=C(C[C@@H]1CC[C@H]2[C@@H](COC[C@@H](O)CN2Cc2ccccc2F)O1)NCc1ccccc1F. The van der Waals surface area contributed by atoms with Crippen molar-refractivity contribution in [1.29, 1.82) is 0 Å². The minimum atomic E-state index is -0.667. The second-order valence-corrected chi connectivity index (χ2v) is 8.73. The predicted octanol–water partition coefficient (Wildman–Crippen LogP) is 2.78. The fourth-order valence-corrected chi connectivity index (χ4v) is 4.59. The van der Waals surface area contributed by atoms with Gasteiger partial charge in [0.15, 0.2) is 0 Å². The first-order valence-electron chi connectivity index (χ1n) is 11.4. The van der Waals surface area contributed by atoms with E-state index in [9.17, 15) is 18.7 Å². The van der Waals surface area contributed by atoms with Crippen LogP contribution in [0.25, 0.3) is 0 Å². The molecular weight excluding hydrogens is 430 g/mol. The number of aliphatic hydroxyl groups is 1. The Hall–Kier alpha value is -2.39. The molecular formula is C25H30F2N2O4. The van der Waals surface area contributed by atoms with E-state index in [1.165, 1.54) is 12.1 Å². The van der Waals surface area contributed by atoms with Gasteiger partial charge >= 0.3 is 0 Å². The zero-order chi connectivity index (χ0) is 23.2. The molecule has 2 N–H and O–H groups in total. The molecule has 0 aromatic heterocycles. The number of β-amino-alcohol motifs (C(OH)–C–C–N with tert-alkyl or cyclic N) is 1. The smallest absolute Gasteiger partial charge is 0.222 e. The molecule has 1 amide bonds. The van der Waals surface area contributed by atoms with Gasteiger partial charge in [-0.1, -0.05) is 36.4 Å². The average Bonchev–Trinajstić information content (AvgIpc) is 2.79. The Morgan fingerprint density at radius 1 is 1.03 bits per heavy atom. The van der Waals surface area contributed by atoms with Crippen molar-refractivity contribution >= 4 is 5.91 Å². The Bertz CT molecular complexity index is 944. The highest BCUT2D eigenvalue weighted by Gasteiger charge is 2.38. The van der Waals surface area contributed by atoms with Gasteiger partial charge in [-0.3, -0.25) is 9.69 Å². The Labute approximate surface area is 192 Å². The van der Waals surface area contributed by atoms with Crippen LogP contribution in [0.3, 0.4) is 0 Å². The maximum atomic E-state index is 14.3. The molecule has 2 heterocycles. The van der Waals surface area contributed by atoms with Gasteiger partial charge in [-0.05, 0) is 25.0 Å². The first-order valence-corrected chi connectivity index (χ1v) is 11.4. The van der Waals surface area contributed by atoms with Gasteiger partial charge in [-0.15, -0.1) is 0 Å². The van der Waals surface area contributed by atoms with Crippen LogP contribution in [0.2, 0.25) is 0 Å². The molecule has 178 valence electrons. The lowest BCUT2D eigenvalue weighted by Gasteiger charge is -2.44. The molecule has 33 heavy (non-hydrogen) atoms. The number of nitrogens with one attached hydrogen (secondary N) is 1. The summed E-state index contributed by atoms with van der Waals surface area (Å²) in [7, 11) is 0. The van der Waals surface area contributed by atoms with Gasteiger partial charge in [0, 0.05) is 36.8 Å². The van der Waals surface area contributed by atoms with Crippen molar-refractivity contribution in [3.63, 3.8) is 0 Å². The first kappa shape index (κ1) is 23.8. The van der Waals surface area contributed by atoms with E-state index in [1.807, 2.05) is 0 Å². The number of fused-ring (bicyclic) bond motifs is 1. The largest absolute Gasteiger partial charge is 0.389 e. The lowest BCUT2D eigenvalue weighted by molar-refractivity contribution is -0.158. The molecule has 2 aliphatic heterocycles. The van der Waals surface area contributed by atoms with Gasteiger partial charge in [0.25, 0.3) is 0 Å². The molecule has 2 fully saturated rings. The summed E-state index contributed by atoms with van der Waals surface area (Å²) in [5.41, 5.74) is 1.01. The molecule has 8 heteroatoms. The predicted molar refractivity (Wildman–Crippen MR) is 118 cm³/mol. The van der Waals surface area contributed by atoms with Gasteiger partial charge in [0.1, 0.15) is 11.6 Å². The Morgan fingerprint density at radius 2 is 1.73 bits per heavy atom. The number of ether oxygens (including phenoxy) is 2. The number of halogens is 2. The normalized spacial score (nSPS) is 26.2. The van der Waals surface area contributed by atoms with Gasteiger partial charge in [-0.2, -0.15) is 0 Å². The van der Waals surface area contributed by atoms with Crippen molar-refractivity contribution in [3.8, 4) is 0 Å². The van der Waals surface area contributed by atoms with Crippen LogP contribution in [0.4, 0.5) is 8.78 Å². The summed E-state index contributed by atoms with van der Waals surface area (Å²) in [5.74, 6) is -0.826. The van der Waals surface area contributed by atoms with E-state index in [-0.39, 0.29) is 55.4 Å². The lowest BCUT2D eigenvalue weighted by Crippen LogP contribution is -2.55. The Balaban J connectivity index is 1.36. The maximum absolute atomic E-state index is 14.3. The van der Waals surface area contributed by atoms with Gasteiger partial charge < -0.3 is 19.9 Å². The van der Waals surface area contributed by atoms with Crippen molar-refractivity contribution in [2.24, 2.45) is 0 Å². The van der Waals surface area contributed by atoms with Crippen LogP contribution in [0.5, 0.6) is 0 Å². The van der Waals surface area contributed by atoms with E-state index in [1.54, 1.807) is 36.4 Å². The molecule has 4 atom stereocenters. The molecule has 0 radical (unpaired) electrons. The summed E-state index contributed by atoms with van der Waals surface area (Å²) < 4.78 is 39.9. The summed E-state index contributed by atoms with van der Waals surface area (Å²) in [6, 6.07) is 12.9. The van der Waals surface area contributed by atoms with Crippen LogP contribution in [0.1, 0.15) is 30.4 Å². The third-order valence-corrected chi connectivity index (χ3v) is 6.27. The van der Waals surface area contributed by atoms with Crippen molar-refractivity contribution in [2.45, 2.75) is 56.7 Å². The van der Waals surface area contributed by atoms with E-state index >= 15 is 0 Å². The number of benzene rings is 2. The van der Waals surface area contributed by atoms with Gasteiger partial charge in [-0.25, -0.2) is 8.78 Å². The van der Waals surface area contributed by atoms with E-state index in [2.05, 4.69) is 10.2 Å². The van der Waals surface area contributed by atoms with E-state index in [4.69, 9.17) is 9.47 Å². The second-order valence-electron chi connectivity index (χ2n) is 8.73. The molecule has 0 saturated carbocycles. The third kappa shape index (κ3) is 6.35. The number of nitrogens with zero attached hydrogens (tertiary/aromatic N) is 1. The van der Waals surface area contributed by atoms with Crippen molar-refractivity contribution in [3.05, 3.63) is 71.3 Å². The molecule has 2 aliphatic rings. The minimum Gasteiger partial charge on any atom is -0.389 e. The van der Waals surface area contributed by atoms with Crippen LogP contribution < -0.4 is 5.32 Å². The number of hydrogen-bond donors (Lipinski definition) is 2. The van der Waals surface area contributed by atoms with Crippen LogP contribution >= 0.6 is 0 Å². The summed E-state index contributed by atoms with van der Waals surface area (Å²) >= 11 is 0. The summed E-state index contributed by atoms with van der Waals surface area (Å²) in [6.45, 7) is 1.31. The van der Waals surface area contributed by atoms with Gasteiger partial charge in [0.2, 0.25) is 5.91 Å². The quantitative estimate of drug-likeness (QED) is 0.694. The molecule has 2 aromatic carbocycles. The van der Waals surface area contributed by atoms with E-state index < -0.39 is 6.10 Å². The fourth-order valence-electron chi connectivity index (χ4n) is 4.59. The third-order valence-electron chi connectivity index (χ3n) is 6.27. The number of carbonyl (C=O) groups is 1. The summed E-state index contributed by atoms with van der Waals surface area (Å²) in [5, 5.41) is 13.0. The fraction of sp³-hybridized carbons (Fsp3) is 0.480. The number of rotatable bonds is 6. The molecule has 0 bridgehead atoms. The highest BCUT2D eigenvalue weighted by molar-refractivity contribution is 5.76. The first-order chi connectivity index (χ1) is 16.0. The van der Waals surface area contributed by atoms with Crippen molar-refractivity contribution in [1.82, 2.24) is 10.2 Å². The van der Waals surface area contributed by atoms with Crippen LogP contribution in [-0.2, 0) is 27.4 Å². The standard InChI is InChI=1S/C25H30F2N2O4/c26-21-7-3-1-5-17(21)12-28-25(31)11-20-9-10-23-24(33-20)16-32-15-19(30)14-29(23)13-18-6-2-4-8-22(18)27/h1-8,19-20,23-24,30H,9-16H2,(H,28,31)/t19-,20-,23-,24+/m0/s1. The second kappa shape index (κ2) is 11.2. The van der Waals surface area contributed by atoms with Gasteiger partial charge in [0.05, 0.1) is 37.9 Å². The highest BCUT2D eigenvalue weighted by Crippen LogP contribution is 2.29. The number of aliphatic hydroxyl groups excluding tert-OH is 1. The molecule has 0 unspecified atom stereocenters. The number of hydrogen-bond acceptors (Lipinski definition) is 5. The Kier molecular flexibility index (Phi) is 8.03.